The fourth-order valence-electron chi connectivity index (χ4n) is 6.00. The number of aryl methyl sites for hydroxylation is 2. The molecule has 4 aromatic rings. The highest BCUT2D eigenvalue weighted by molar-refractivity contribution is 5.93. The van der Waals surface area contributed by atoms with Gasteiger partial charge in [0, 0.05) is 37.4 Å². The number of hydrogen-bond acceptors (Lipinski definition) is 9. The number of benzene rings is 1. The summed E-state index contributed by atoms with van der Waals surface area (Å²) in [6.45, 7) is 16.6. The topological polar surface area (TPSA) is 126 Å². The summed E-state index contributed by atoms with van der Waals surface area (Å²) in [7, 11) is 1.59. The van der Waals surface area contributed by atoms with Crippen molar-refractivity contribution in [1.82, 2.24) is 24.4 Å². The molecule has 1 fully saturated rings. The maximum absolute atomic E-state index is 14.2. The molecule has 11 nitrogen and oxygen atoms in total. The minimum atomic E-state index is -0.615. The second-order valence-corrected chi connectivity index (χ2v) is 13.1. The molecule has 5 rings (SSSR count). The monoisotopic (exact) mass is 623 g/mol. The SMILES string of the molecule is COc1c(C)cccc1-c1nc2c(cc1C#N)c(N1CCN(C(=O)OC(C)(C)C)CC1C)nc(=O)n2-c1c(C)ccnc1C(C)C. The maximum Gasteiger partial charge on any atom is 0.410 e. The summed E-state index contributed by atoms with van der Waals surface area (Å²) >= 11 is 0. The molecule has 0 bridgehead atoms. The van der Waals surface area contributed by atoms with Crippen LogP contribution in [-0.2, 0) is 4.74 Å². The first-order valence-electron chi connectivity index (χ1n) is 15.5. The van der Waals surface area contributed by atoms with Crippen LogP contribution in [0.5, 0.6) is 5.75 Å². The van der Waals surface area contributed by atoms with Crippen molar-refractivity contribution >= 4 is 22.9 Å². The minimum Gasteiger partial charge on any atom is -0.496 e. The Labute approximate surface area is 269 Å². The molecule has 1 aromatic carbocycles. The fraction of sp³-hybridized carbons (Fsp3) is 0.429. The molecule has 0 aliphatic carbocycles. The summed E-state index contributed by atoms with van der Waals surface area (Å²) in [5.74, 6) is 1.01. The minimum absolute atomic E-state index is 0.00667. The van der Waals surface area contributed by atoms with Gasteiger partial charge in [-0.15, -0.1) is 0 Å². The molecule has 0 radical (unpaired) electrons. The van der Waals surface area contributed by atoms with Crippen LogP contribution in [0.25, 0.3) is 28.0 Å². The lowest BCUT2D eigenvalue weighted by Gasteiger charge is -2.41. The van der Waals surface area contributed by atoms with Crippen molar-refractivity contribution in [2.75, 3.05) is 31.6 Å². The van der Waals surface area contributed by atoms with Gasteiger partial charge in [0.2, 0.25) is 0 Å². The number of aromatic nitrogens is 4. The third-order valence-electron chi connectivity index (χ3n) is 8.12. The van der Waals surface area contributed by atoms with Crippen molar-refractivity contribution in [2.24, 2.45) is 0 Å². The second kappa shape index (κ2) is 12.4. The van der Waals surface area contributed by atoms with Gasteiger partial charge in [0.15, 0.2) is 5.65 Å². The molecule has 3 aromatic heterocycles. The summed E-state index contributed by atoms with van der Waals surface area (Å²) in [6.07, 6.45) is 1.35. The van der Waals surface area contributed by atoms with Gasteiger partial charge in [0.1, 0.15) is 23.2 Å². The van der Waals surface area contributed by atoms with Crippen molar-refractivity contribution < 1.29 is 14.3 Å². The van der Waals surface area contributed by atoms with Crippen molar-refractivity contribution in [3.63, 3.8) is 0 Å². The van der Waals surface area contributed by atoms with E-state index in [1.165, 1.54) is 4.57 Å². The van der Waals surface area contributed by atoms with E-state index in [0.717, 1.165) is 16.8 Å². The van der Waals surface area contributed by atoms with E-state index in [1.807, 2.05) is 84.6 Å². The fourth-order valence-corrected chi connectivity index (χ4v) is 6.00. The van der Waals surface area contributed by atoms with Crippen LogP contribution in [0.1, 0.15) is 69.8 Å². The van der Waals surface area contributed by atoms with Gasteiger partial charge in [-0.1, -0.05) is 26.0 Å². The molecule has 1 unspecified atom stereocenters. The number of fused-ring (bicyclic) bond motifs is 1. The Kier molecular flexibility index (Phi) is 8.76. The van der Waals surface area contributed by atoms with Crippen molar-refractivity contribution in [3.05, 3.63) is 69.4 Å². The van der Waals surface area contributed by atoms with E-state index in [-0.39, 0.29) is 18.1 Å². The van der Waals surface area contributed by atoms with E-state index < -0.39 is 11.3 Å². The van der Waals surface area contributed by atoms with Gasteiger partial charge in [0.25, 0.3) is 0 Å². The number of methoxy groups -OCH3 is 1. The number of anilines is 1. The number of nitrogens with zero attached hydrogens (tertiary/aromatic N) is 7. The molecule has 0 spiro atoms. The average Bonchev–Trinajstić information content (AvgIpc) is 2.99. The third-order valence-corrected chi connectivity index (χ3v) is 8.12. The molecule has 1 aliphatic rings. The summed E-state index contributed by atoms with van der Waals surface area (Å²) in [5.41, 5.74) is 3.67. The summed E-state index contributed by atoms with van der Waals surface area (Å²) in [4.78, 5) is 45.2. The van der Waals surface area contributed by atoms with Crippen LogP contribution in [0, 0.1) is 25.2 Å². The molecule has 46 heavy (non-hydrogen) atoms. The van der Waals surface area contributed by atoms with Gasteiger partial charge in [-0.3, -0.25) is 4.98 Å². The average molecular weight is 624 g/mol. The van der Waals surface area contributed by atoms with E-state index in [2.05, 4.69) is 16.0 Å². The van der Waals surface area contributed by atoms with Crippen LogP contribution in [0.2, 0.25) is 0 Å². The zero-order valence-electron chi connectivity index (χ0n) is 28.0. The Bertz CT molecular complexity index is 1920. The first-order chi connectivity index (χ1) is 21.7. The molecule has 1 saturated heterocycles. The second-order valence-electron chi connectivity index (χ2n) is 13.1. The smallest absolute Gasteiger partial charge is 0.410 e. The van der Waals surface area contributed by atoms with Crippen LogP contribution in [0.4, 0.5) is 10.6 Å². The van der Waals surface area contributed by atoms with E-state index in [1.54, 1.807) is 24.3 Å². The molecule has 4 heterocycles. The number of carbonyl (C=O) groups excluding carboxylic acids is 1. The Hall–Kier alpha value is -4.98. The van der Waals surface area contributed by atoms with E-state index >= 15 is 0 Å². The first kappa shape index (κ1) is 32.4. The van der Waals surface area contributed by atoms with Crippen molar-refractivity contribution in [1.29, 1.82) is 5.26 Å². The van der Waals surface area contributed by atoms with E-state index in [0.29, 0.717) is 64.7 Å². The molecule has 0 N–H and O–H groups in total. The number of amides is 1. The predicted octanol–water partition coefficient (Wildman–Crippen LogP) is 5.91. The number of pyridine rings is 2. The van der Waals surface area contributed by atoms with Crippen molar-refractivity contribution in [2.45, 2.75) is 73.0 Å². The molecular weight excluding hydrogens is 582 g/mol. The van der Waals surface area contributed by atoms with Crippen LogP contribution in [0.15, 0.2) is 41.3 Å². The lowest BCUT2D eigenvalue weighted by Crippen LogP contribution is -2.55. The van der Waals surface area contributed by atoms with Crippen LogP contribution >= 0.6 is 0 Å². The highest BCUT2D eigenvalue weighted by atomic mass is 16.6. The van der Waals surface area contributed by atoms with E-state index in [9.17, 15) is 14.9 Å². The standard InChI is InChI=1S/C35H41N7O4/c1-20(2)27-29(21(3)13-14-37-27)42-32-26(17-24(18-36)28(38-32)25-12-10-11-22(4)30(25)45-9)31(39-33(42)43)41-16-15-40(19-23(41)5)34(44)46-35(6,7)8/h10-14,17,20,23H,15-16,19H2,1-9H3. The molecule has 11 heteroatoms. The lowest BCUT2D eigenvalue weighted by atomic mass is 10.0. The van der Waals surface area contributed by atoms with Crippen LogP contribution < -0.4 is 15.3 Å². The molecule has 1 aliphatic heterocycles. The maximum atomic E-state index is 14.2. The number of para-hydroxylation sites is 1. The summed E-state index contributed by atoms with van der Waals surface area (Å²) < 4.78 is 12.9. The molecule has 1 amide bonds. The predicted molar refractivity (Wildman–Crippen MR) is 178 cm³/mol. The molecule has 1 atom stereocenters. The van der Waals surface area contributed by atoms with Crippen LogP contribution in [0.3, 0.4) is 0 Å². The Morgan fingerprint density at radius 2 is 1.85 bits per heavy atom. The zero-order valence-corrected chi connectivity index (χ0v) is 28.0. The van der Waals surface area contributed by atoms with Gasteiger partial charge in [-0.2, -0.15) is 10.2 Å². The highest BCUT2D eigenvalue weighted by Crippen LogP contribution is 2.37. The first-order valence-corrected chi connectivity index (χ1v) is 15.5. The third kappa shape index (κ3) is 5.99. The zero-order chi connectivity index (χ0) is 33.5. The molecule has 240 valence electrons. The number of piperazine rings is 1. The molecule has 0 saturated carbocycles. The van der Waals surface area contributed by atoms with Gasteiger partial charge in [0.05, 0.1) is 35.1 Å². The highest BCUT2D eigenvalue weighted by Gasteiger charge is 2.33. The van der Waals surface area contributed by atoms with Gasteiger partial charge in [-0.25, -0.2) is 19.1 Å². The normalized spacial score (nSPS) is 15.3. The molecular formula is C35H41N7O4. The summed E-state index contributed by atoms with van der Waals surface area (Å²) in [6, 6.07) is 11.4. The summed E-state index contributed by atoms with van der Waals surface area (Å²) in [5, 5.41) is 11.0. The quantitative estimate of drug-likeness (QED) is 0.267. The Balaban J connectivity index is 1.78. The Morgan fingerprint density at radius 1 is 1.11 bits per heavy atom. The number of carbonyl (C=O) groups is 1. The van der Waals surface area contributed by atoms with Crippen molar-refractivity contribution in [3.8, 4) is 28.8 Å². The van der Waals surface area contributed by atoms with Gasteiger partial charge < -0.3 is 19.3 Å². The number of hydrogen-bond donors (Lipinski definition) is 0. The lowest BCUT2D eigenvalue weighted by molar-refractivity contribution is 0.0218. The van der Waals surface area contributed by atoms with Gasteiger partial charge >= 0.3 is 11.8 Å². The van der Waals surface area contributed by atoms with Crippen LogP contribution in [-0.4, -0.2) is 68.9 Å². The number of ether oxygens (including phenoxy) is 2. The van der Waals surface area contributed by atoms with E-state index in [4.69, 9.17) is 14.5 Å². The number of nitriles is 1. The van der Waals surface area contributed by atoms with Gasteiger partial charge in [-0.05, 0) is 76.8 Å². The Morgan fingerprint density at radius 3 is 2.48 bits per heavy atom. The number of rotatable bonds is 5. The largest absolute Gasteiger partial charge is 0.496 e.